The van der Waals surface area contributed by atoms with Gasteiger partial charge in [-0.3, -0.25) is 4.79 Å². The third-order valence-electron chi connectivity index (χ3n) is 2.11. The molecule has 5 heteroatoms. The van der Waals surface area contributed by atoms with Crippen LogP contribution in [-0.4, -0.2) is 11.3 Å². The minimum atomic E-state index is -0.432. The predicted molar refractivity (Wildman–Crippen MR) is 62.6 cm³/mol. The number of hydrogen-bond acceptors (Lipinski definition) is 3. The molecule has 0 fully saturated rings. The molecule has 1 heterocycles. The van der Waals surface area contributed by atoms with Crippen molar-refractivity contribution in [3.63, 3.8) is 0 Å². The highest BCUT2D eigenvalue weighted by Crippen LogP contribution is 2.30. The molecular weight excluding hydrogens is 249 g/mol. The first-order valence-corrected chi connectivity index (χ1v) is 5.69. The van der Waals surface area contributed by atoms with E-state index in [0.717, 1.165) is 4.88 Å². The molecule has 0 aliphatic heterocycles. The van der Waals surface area contributed by atoms with Crippen LogP contribution in [0.15, 0.2) is 18.2 Å². The number of carbonyl (C=O) groups is 1. The quantitative estimate of drug-likeness (QED) is 0.766. The van der Waals surface area contributed by atoms with Gasteiger partial charge in [-0.2, -0.15) is 0 Å². The highest BCUT2D eigenvalue weighted by molar-refractivity contribution is 7.15. The van der Waals surface area contributed by atoms with Crippen molar-refractivity contribution in [2.24, 2.45) is 0 Å². The van der Waals surface area contributed by atoms with Crippen LogP contribution in [0.2, 0.25) is 5.02 Å². The molecule has 0 radical (unpaired) electrons. The molecule has 2 nitrogen and oxygen atoms in total. The summed E-state index contributed by atoms with van der Waals surface area (Å²) in [6, 6.07) is 4.38. The Morgan fingerprint density at radius 2 is 2.25 bits per heavy atom. The second-order valence-corrected chi connectivity index (χ2v) is 4.84. The summed E-state index contributed by atoms with van der Waals surface area (Å²) in [6.07, 6.45) is 0.670. The second kappa shape index (κ2) is 4.31. The van der Waals surface area contributed by atoms with Gasteiger partial charge in [0, 0.05) is 15.5 Å². The molecule has 0 saturated carbocycles. The lowest BCUT2D eigenvalue weighted by Gasteiger charge is -1.98. The van der Waals surface area contributed by atoms with Crippen molar-refractivity contribution in [2.75, 3.05) is 0 Å². The monoisotopic (exact) mass is 255 g/mol. The zero-order valence-electron chi connectivity index (χ0n) is 8.33. The lowest BCUT2D eigenvalue weighted by molar-refractivity contribution is 0.111. The van der Waals surface area contributed by atoms with E-state index in [1.807, 2.05) is 0 Å². The van der Waals surface area contributed by atoms with Crippen molar-refractivity contribution in [3.8, 4) is 10.6 Å². The standard InChI is InChI=1S/C11H7ClFNOS/c1-6-10(5-15)14-11(16-6)8-3-2-7(12)4-9(8)13/h2-5H,1H3. The fraction of sp³-hybridized carbons (Fsp3) is 0.0909. The molecule has 1 aromatic carbocycles. The maximum absolute atomic E-state index is 13.6. The number of aldehydes is 1. The number of aryl methyl sites for hydroxylation is 1. The van der Waals surface area contributed by atoms with Crippen LogP contribution in [-0.2, 0) is 0 Å². The summed E-state index contributed by atoms with van der Waals surface area (Å²) < 4.78 is 13.6. The smallest absolute Gasteiger partial charge is 0.169 e. The van der Waals surface area contributed by atoms with E-state index in [9.17, 15) is 9.18 Å². The summed E-state index contributed by atoms with van der Waals surface area (Å²) in [4.78, 5) is 15.5. The van der Waals surface area contributed by atoms with Crippen LogP contribution in [0, 0.1) is 12.7 Å². The summed E-state index contributed by atoms with van der Waals surface area (Å²) in [5.74, 6) is -0.432. The Kier molecular flexibility index (Phi) is 3.03. The Bertz CT molecular complexity index is 553. The highest BCUT2D eigenvalue weighted by atomic mass is 35.5. The van der Waals surface area contributed by atoms with Gasteiger partial charge in [0.25, 0.3) is 0 Å². The average molecular weight is 256 g/mol. The summed E-state index contributed by atoms with van der Waals surface area (Å²) in [7, 11) is 0. The summed E-state index contributed by atoms with van der Waals surface area (Å²) >= 11 is 6.94. The van der Waals surface area contributed by atoms with Crippen LogP contribution < -0.4 is 0 Å². The zero-order chi connectivity index (χ0) is 11.7. The van der Waals surface area contributed by atoms with E-state index in [2.05, 4.69) is 4.98 Å². The van der Waals surface area contributed by atoms with Gasteiger partial charge in [0.05, 0.1) is 0 Å². The summed E-state index contributed by atoms with van der Waals surface area (Å²) in [5.41, 5.74) is 0.722. The predicted octanol–water partition coefficient (Wildman–Crippen LogP) is 3.72. The van der Waals surface area contributed by atoms with Crippen LogP contribution in [0.4, 0.5) is 4.39 Å². The van der Waals surface area contributed by atoms with Crippen molar-refractivity contribution in [1.29, 1.82) is 0 Å². The molecule has 0 unspecified atom stereocenters. The van der Waals surface area contributed by atoms with Gasteiger partial charge < -0.3 is 0 Å². The van der Waals surface area contributed by atoms with Crippen molar-refractivity contribution < 1.29 is 9.18 Å². The number of carbonyl (C=O) groups excluding carboxylic acids is 1. The largest absolute Gasteiger partial charge is 0.296 e. The molecule has 0 atom stereocenters. The number of benzene rings is 1. The molecular formula is C11H7ClFNOS. The van der Waals surface area contributed by atoms with Gasteiger partial charge >= 0.3 is 0 Å². The third kappa shape index (κ3) is 1.99. The molecule has 1 aromatic heterocycles. The van der Waals surface area contributed by atoms with E-state index in [0.29, 0.717) is 27.6 Å². The Labute approximate surface area is 101 Å². The molecule has 82 valence electrons. The van der Waals surface area contributed by atoms with Crippen molar-refractivity contribution in [1.82, 2.24) is 4.98 Å². The number of aromatic nitrogens is 1. The van der Waals surface area contributed by atoms with Gasteiger partial charge in [-0.15, -0.1) is 11.3 Å². The molecule has 0 bridgehead atoms. The normalized spacial score (nSPS) is 10.4. The van der Waals surface area contributed by atoms with Crippen molar-refractivity contribution >= 4 is 29.2 Å². The molecule has 0 amide bonds. The molecule has 16 heavy (non-hydrogen) atoms. The number of rotatable bonds is 2. The fourth-order valence-corrected chi connectivity index (χ4v) is 2.36. The van der Waals surface area contributed by atoms with Crippen LogP contribution in [0.25, 0.3) is 10.6 Å². The first-order valence-electron chi connectivity index (χ1n) is 4.50. The molecule has 2 aromatic rings. The lowest BCUT2D eigenvalue weighted by atomic mass is 10.2. The number of hydrogen-bond donors (Lipinski definition) is 0. The van der Waals surface area contributed by atoms with Crippen LogP contribution in [0.3, 0.4) is 0 Å². The summed E-state index contributed by atoms with van der Waals surface area (Å²) in [6.45, 7) is 1.78. The van der Waals surface area contributed by atoms with Crippen LogP contribution >= 0.6 is 22.9 Å². The van der Waals surface area contributed by atoms with Gasteiger partial charge in [-0.05, 0) is 25.1 Å². The van der Waals surface area contributed by atoms with E-state index in [1.54, 1.807) is 19.1 Å². The molecule has 0 aliphatic rings. The SMILES string of the molecule is Cc1sc(-c2ccc(Cl)cc2F)nc1C=O. The van der Waals surface area contributed by atoms with E-state index >= 15 is 0 Å². The number of nitrogens with zero attached hydrogens (tertiary/aromatic N) is 1. The van der Waals surface area contributed by atoms with Gasteiger partial charge in [0.15, 0.2) is 6.29 Å². The minimum absolute atomic E-state index is 0.338. The van der Waals surface area contributed by atoms with Gasteiger partial charge in [-0.1, -0.05) is 11.6 Å². The average Bonchev–Trinajstić information content (AvgIpc) is 2.59. The maximum atomic E-state index is 13.6. The molecule has 0 aliphatic carbocycles. The van der Waals surface area contributed by atoms with Crippen molar-refractivity contribution in [2.45, 2.75) is 6.92 Å². The Morgan fingerprint density at radius 1 is 1.50 bits per heavy atom. The van der Waals surface area contributed by atoms with Gasteiger partial charge in [-0.25, -0.2) is 9.37 Å². The fourth-order valence-electron chi connectivity index (χ4n) is 1.30. The van der Waals surface area contributed by atoms with Gasteiger partial charge in [0.1, 0.15) is 16.5 Å². The van der Waals surface area contributed by atoms with E-state index < -0.39 is 5.82 Å². The molecule has 0 N–H and O–H groups in total. The first-order chi connectivity index (χ1) is 7.61. The Balaban J connectivity index is 2.54. The molecule has 2 rings (SSSR count). The van der Waals surface area contributed by atoms with Crippen LogP contribution in [0.5, 0.6) is 0 Å². The molecule has 0 saturated heterocycles. The van der Waals surface area contributed by atoms with E-state index in [1.165, 1.54) is 17.4 Å². The maximum Gasteiger partial charge on any atom is 0.169 e. The molecule has 0 spiro atoms. The number of halogens is 2. The third-order valence-corrected chi connectivity index (χ3v) is 3.36. The second-order valence-electron chi connectivity index (χ2n) is 3.20. The van der Waals surface area contributed by atoms with E-state index in [-0.39, 0.29) is 0 Å². The lowest BCUT2D eigenvalue weighted by Crippen LogP contribution is -1.85. The zero-order valence-corrected chi connectivity index (χ0v) is 9.90. The summed E-state index contributed by atoms with van der Waals surface area (Å²) in [5, 5.41) is 0.832. The first kappa shape index (κ1) is 11.2. The topological polar surface area (TPSA) is 30.0 Å². The minimum Gasteiger partial charge on any atom is -0.296 e. The van der Waals surface area contributed by atoms with E-state index in [4.69, 9.17) is 11.6 Å². The number of thiazole rings is 1. The highest BCUT2D eigenvalue weighted by Gasteiger charge is 2.12. The Morgan fingerprint density at radius 3 is 2.81 bits per heavy atom. The van der Waals surface area contributed by atoms with Crippen molar-refractivity contribution in [3.05, 3.63) is 39.6 Å². The van der Waals surface area contributed by atoms with Crippen LogP contribution in [0.1, 0.15) is 15.4 Å². The Hall–Kier alpha value is -1.26. The van der Waals surface area contributed by atoms with Gasteiger partial charge in [0.2, 0.25) is 0 Å².